The van der Waals surface area contributed by atoms with Crippen molar-refractivity contribution in [3.8, 4) is 0 Å². The number of benzene rings is 1. The molecule has 0 radical (unpaired) electrons. The number of ketones is 1. The smallest absolute Gasteiger partial charge is 0.226 e. The zero-order valence-electron chi connectivity index (χ0n) is 9.82. The van der Waals surface area contributed by atoms with Crippen molar-refractivity contribution in [2.45, 2.75) is 6.54 Å². The van der Waals surface area contributed by atoms with Crippen molar-refractivity contribution in [3.05, 3.63) is 72.1 Å². The van der Waals surface area contributed by atoms with Crippen LogP contribution in [0.25, 0.3) is 0 Å². The van der Waals surface area contributed by atoms with Gasteiger partial charge in [-0.2, -0.15) is 0 Å². The summed E-state index contributed by atoms with van der Waals surface area (Å²) in [5.41, 5.74) is 1.53. The lowest BCUT2D eigenvalue weighted by molar-refractivity contribution is -0.127. The van der Waals surface area contributed by atoms with Gasteiger partial charge in [-0.05, 0) is 17.7 Å². The van der Waals surface area contributed by atoms with E-state index in [1.165, 1.54) is 0 Å². The predicted octanol–water partition coefficient (Wildman–Crippen LogP) is 2.22. The molecule has 0 saturated carbocycles. The highest BCUT2D eigenvalue weighted by molar-refractivity contribution is 6.34. The number of nitrogens with zero attached hydrogens (tertiary/aromatic N) is 1. The third kappa shape index (κ3) is 3.04. The van der Waals surface area contributed by atoms with Crippen LogP contribution in [0.5, 0.6) is 0 Å². The maximum Gasteiger partial charge on any atom is 0.226 e. The minimum Gasteiger partial charge on any atom is -0.349 e. The predicted molar refractivity (Wildman–Crippen MR) is 69.4 cm³/mol. The molecule has 0 N–H and O–H groups in total. The molecule has 1 aliphatic heterocycles. The van der Waals surface area contributed by atoms with Gasteiger partial charge in [0.05, 0.1) is 0 Å². The summed E-state index contributed by atoms with van der Waals surface area (Å²) in [4.78, 5) is 23.8. The number of rotatable bonds is 4. The SMILES string of the molecule is O=CC(=O)C1=CN(Cc2ccccc2)C=CC=C1. The molecular weight excluding hydrogens is 226 g/mol. The van der Waals surface area contributed by atoms with E-state index in [2.05, 4.69) is 0 Å². The fourth-order valence-electron chi connectivity index (χ4n) is 1.69. The summed E-state index contributed by atoms with van der Waals surface area (Å²) < 4.78 is 0. The molecule has 1 heterocycles. The van der Waals surface area contributed by atoms with Crippen molar-refractivity contribution in [2.75, 3.05) is 0 Å². The van der Waals surface area contributed by atoms with Crippen LogP contribution in [0.1, 0.15) is 5.56 Å². The van der Waals surface area contributed by atoms with Crippen LogP contribution in [-0.4, -0.2) is 17.0 Å². The molecule has 18 heavy (non-hydrogen) atoms. The quantitative estimate of drug-likeness (QED) is 0.597. The lowest BCUT2D eigenvalue weighted by Gasteiger charge is -2.15. The maximum absolute atomic E-state index is 11.4. The van der Waals surface area contributed by atoms with Gasteiger partial charge in [0.2, 0.25) is 5.78 Å². The van der Waals surface area contributed by atoms with Crippen molar-refractivity contribution in [2.24, 2.45) is 0 Å². The van der Waals surface area contributed by atoms with E-state index in [0.717, 1.165) is 5.56 Å². The Morgan fingerprint density at radius 2 is 1.94 bits per heavy atom. The number of hydrogen-bond acceptors (Lipinski definition) is 3. The number of hydrogen-bond donors (Lipinski definition) is 0. The van der Waals surface area contributed by atoms with Crippen LogP contribution in [0.15, 0.2) is 66.5 Å². The van der Waals surface area contributed by atoms with E-state index in [-0.39, 0.29) is 0 Å². The van der Waals surface area contributed by atoms with Gasteiger partial charge in [0, 0.05) is 24.5 Å². The zero-order valence-corrected chi connectivity index (χ0v) is 9.82. The molecule has 0 fully saturated rings. The molecule has 90 valence electrons. The van der Waals surface area contributed by atoms with Gasteiger partial charge in [-0.25, -0.2) is 0 Å². The van der Waals surface area contributed by atoms with Gasteiger partial charge in [-0.1, -0.05) is 36.4 Å². The Labute approximate surface area is 106 Å². The summed E-state index contributed by atoms with van der Waals surface area (Å²) in [6, 6.07) is 9.93. The minimum atomic E-state index is -0.506. The molecule has 0 unspecified atom stereocenters. The molecule has 0 aromatic heterocycles. The van der Waals surface area contributed by atoms with E-state index in [1.54, 1.807) is 18.4 Å². The van der Waals surface area contributed by atoms with Crippen LogP contribution >= 0.6 is 0 Å². The summed E-state index contributed by atoms with van der Waals surface area (Å²) >= 11 is 0. The van der Waals surface area contributed by atoms with Crippen molar-refractivity contribution in [1.29, 1.82) is 0 Å². The molecule has 1 aliphatic rings. The average Bonchev–Trinajstić information content (AvgIpc) is 2.65. The van der Waals surface area contributed by atoms with Crippen LogP contribution in [0, 0.1) is 0 Å². The van der Waals surface area contributed by atoms with Crippen molar-refractivity contribution in [3.63, 3.8) is 0 Å². The fraction of sp³-hybridized carbons (Fsp3) is 0.0667. The van der Waals surface area contributed by atoms with Gasteiger partial charge in [-0.3, -0.25) is 9.59 Å². The Morgan fingerprint density at radius 3 is 2.67 bits per heavy atom. The lowest BCUT2D eigenvalue weighted by Crippen LogP contribution is -2.12. The molecule has 0 saturated heterocycles. The van der Waals surface area contributed by atoms with E-state index in [9.17, 15) is 9.59 Å². The van der Waals surface area contributed by atoms with Crippen LogP contribution in [0.4, 0.5) is 0 Å². The molecule has 0 amide bonds. The number of Topliss-reactive ketones (excluding diaryl/α,β-unsaturated/α-hetero) is 1. The number of carbonyl (C=O) groups is 2. The van der Waals surface area contributed by atoms with E-state index >= 15 is 0 Å². The largest absolute Gasteiger partial charge is 0.349 e. The zero-order chi connectivity index (χ0) is 12.8. The third-order valence-corrected chi connectivity index (χ3v) is 2.57. The first kappa shape index (κ1) is 12.0. The molecular formula is C15H13NO2. The highest BCUT2D eigenvalue weighted by Gasteiger charge is 2.08. The molecule has 0 spiro atoms. The van der Waals surface area contributed by atoms with Gasteiger partial charge in [0.15, 0.2) is 6.29 Å². The van der Waals surface area contributed by atoms with Gasteiger partial charge in [0.1, 0.15) is 0 Å². The second-order valence-electron chi connectivity index (χ2n) is 3.93. The Hall–Kier alpha value is -2.42. The monoisotopic (exact) mass is 239 g/mol. The summed E-state index contributed by atoms with van der Waals surface area (Å²) in [6.07, 6.45) is 9.11. The van der Waals surface area contributed by atoms with E-state index < -0.39 is 5.78 Å². The van der Waals surface area contributed by atoms with Crippen LogP contribution in [-0.2, 0) is 16.1 Å². The molecule has 0 aliphatic carbocycles. The molecule has 0 bridgehead atoms. The highest BCUT2D eigenvalue weighted by atomic mass is 16.2. The molecule has 0 atom stereocenters. The first-order chi connectivity index (χ1) is 8.79. The van der Waals surface area contributed by atoms with Gasteiger partial charge in [0.25, 0.3) is 0 Å². The van der Waals surface area contributed by atoms with E-state index in [1.807, 2.05) is 47.5 Å². The van der Waals surface area contributed by atoms with E-state index in [4.69, 9.17) is 0 Å². The van der Waals surface area contributed by atoms with Crippen LogP contribution < -0.4 is 0 Å². The van der Waals surface area contributed by atoms with Crippen LogP contribution in [0.2, 0.25) is 0 Å². The minimum absolute atomic E-state index is 0.336. The average molecular weight is 239 g/mol. The van der Waals surface area contributed by atoms with Gasteiger partial charge in [-0.15, -0.1) is 0 Å². The molecule has 1 aromatic rings. The summed E-state index contributed by atoms with van der Waals surface area (Å²) in [6.45, 7) is 0.661. The Kier molecular flexibility index (Phi) is 3.86. The summed E-state index contributed by atoms with van der Waals surface area (Å²) in [5.74, 6) is -0.506. The van der Waals surface area contributed by atoms with Crippen molar-refractivity contribution >= 4 is 12.1 Å². The van der Waals surface area contributed by atoms with Gasteiger partial charge < -0.3 is 4.90 Å². The lowest BCUT2D eigenvalue weighted by atomic mass is 10.2. The number of carbonyl (C=O) groups excluding carboxylic acids is 2. The second kappa shape index (κ2) is 5.77. The molecule has 3 nitrogen and oxygen atoms in total. The first-order valence-electron chi connectivity index (χ1n) is 5.65. The molecule has 2 rings (SSSR count). The summed E-state index contributed by atoms with van der Waals surface area (Å²) in [7, 11) is 0. The van der Waals surface area contributed by atoms with E-state index in [0.29, 0.717) is 18.4 Å². The number of allylic oxidation sites excluding steroid dienone is 4. The van der Waals surface area contributed by atoms with Crippen molar-refractivity contribution < 1.29 is 9.59 Å². The maximum atomic E-state index is 11.4. The third-order valence-electron chi connectivity index (χ3n) is 2.57. The van der Waals surface area contributed by atoms with Crippen molar-refractivity contribution in [1.82, 2.24) is 4.90 Å². The first-order valence-corrected chi connectivity index (χ1v) is 5.65. The van der Waals surface area contributed by atoms with Crippen LogP contribution in [0.3, 0.4) is 0 Å². The highest BCUT2D eigenvalue weighted by Crippen LogP contribution is 2.11. The molecule has 1 aromatic carbocycles. The molecule has 3 heteroatoms. The second-order valence-corrected chi connectivity index (χ2v) is 3.93. The van der Waals surface area contributed by atoms with Gasteiger partial charge >= 0.3 is 0 Å². The standard InChI is InChI=1S/C15H13NO2/c17-12-15(18)14-8-4-5-9-16(11-14)10-13-6-2-1-3-7-13/h1-9,11-12H,10H2. The summed E-state index contributed by atoms with van der Waals surface area (Å²) in [5, 5.41) is 0. The topological polar surface area (TPSA) is 37.4 Å². The fourth-order valence-corrected chi connectivity index (χ4v) is 1.69. The number of aldehydes is 1. The Morgan fingerprint density at radius 1 is 1.17 bits per heavy atom. The normalized spacial score (nSPS) is 14.0. The Balaban J connectivity index is 2.18. The Bertz CT molecular complexity index is 527.